The quantitative estimate of drug-likeness (QED) is 0.799. The van der Waals surface area contributed by atoms with Crippen molar-refractivity contribution >= 4 is 11.7 Å². The fourth-order valence-electron chi connectivity index (χ4n) is 2.44. The second kappa shape index (κ2) is 6.28. The molecule has 0 unspecified atom stereocenters. The van der Waals surface area contributed by atoms with E-state index >= 15 is 0 Å². The van der Waals surface area contributed by atoms with Crippen molar-refractivity contribution < 1.29 is 18.7 Å². The van der Waals surface area contributed by atoms with Gasteiger partial charge >= 0.3 is 5.97 Å². The molecule has 0 bridgehead atoms. The van der Waals surface area contributed by atoms with E-state index in [1.807, 2.05) is 43.0 Å². The lowest BCUT2D eigenvalue weighted by Crippen LogP contribution is -2.44. The Hall–Kier alpha value is -2.57. The zero-order chi connectivity index (χ0) is 16.4. The van der Waals surface area contributed by atoms with Gasteiger partial charge in [0.25, 0.3) is 0 Å². The number of para-hydroxylation sites is 2. The van der Waals surface area contributed by atoms with Gasteiger partial charge in [0.05, 0.1) is 25.9 Å². The van der Waals surface area contributed by atoms with Crippen molar-refractivity contribution in [2.24, 2.45) is 0 Å². The summed E-state index contributed by atoms with van der Waals surface area (Å²) in [5.41, 5.74) is 0.886. The zero-order valence-corrected chi connectivity index (χ0v) is 13.4. The minimum absolute atomic E-state index is 0.177. The lowest BCUT2D eigenvalue weighted by molar-refractivity contribution is -0.148. The minimum Gasteiger partial charge on any atom is -0.475 e. The molecule has 0 aliphatic carbocycles. The predicted molar refractivity (Wildman–Crippen MR) is 82.3 cm³/mol. The molecule has 0 amide bonds. The van der Waals surface area contributed by atoms with E-state index in [4.69, 9.17) is 13.9 Å². The van der Waals surface area contributed by atoms with Crippen LogP contribution in [0.1, 0.15) is 31.5 Å². The van der Waals surface area contributed by atoms with Crippen molar-refractivity contribution in [3.8, 4) is 5.75 Å². The molecule has 1 aliphatic heterocycles. The number of anilines is 1. The number of carbonyl (C=O) groups excluding carboxylic acids is 1. The van der Waals surface area contributed by atoms with Gasteiger partial charge in [0.2, 0.25) is 17.9 Å². The number of fused-ring (bicyclic) bond motifs is 1. The number of rotatable bonds is 4. The van der Waals surface area contributed by atoms with Gasteiger partial charge in [-0.15, -0.1) is 10.2 Å². The van der Waals surface area contributed by atoms with Crippen LogP contribution in [0.15, 0.2) is 28.7 Å². The number of methoxy groups -OCH3 is 1. The van der Waals surface area contributed by atoms with Crippen LogP contribution in [0.25, 0.3) is 0 Å². The molecule has 0 N–H and O–H groups in total. The molecule has 1 atom stereocenters. The summed E-state index contributed by atoms with van der Waals surface area (Å²) < 4.78 is 16.2. The summed E-state index contributed by atoms with van der Waals surface area (Å²) in [6.07, 6.45) is -0.678. The lowest BCUT2D eigenvalue weighted by atomic mass is 10.2. The van der Waals surface area contributed by atoms with E-state index in [1.54, 1.807) is 0 Å². The molecule has 7 heteroatoms. The van der Waals surface area contributed by atoms with Crippen molar-refractivity contribution in [2.75, 3.05) is 18.6 Å². The Morgan fingerprint density at radius 1 is 1.39 bits per heavy atom. The fraction of sp³-hybridized carbons (Fsp3) is 0.438. The Morgan fingerprint density at radius 2 is 2.17 bits per heavy atom. The normalized spacial score (nSPS) is 16.9. The standard InChI is InChI=1S/C16H19N3O4/c1-10(2)15-18-17-14(23-15)9-19-8-13(16(20)21-3)22-12-7-5-4-6-11(12)19/h4-7,10,13H,8-9H2,1-3H3/t13-/m0/s1. The molecule has 1 aliphatic rings. The van der Waals surface area contributed by atoms with Crippen LogP contribution >= 0.6 is 0 Å². The Balaban J connectivity index is 1.85. The van der Waals surface area contributed by atoms with Gasteiger partial charge in [0, 0.05) is 5.92 Å². The molecule has 3 rings (SSSR count). The van der Waals surface area contributed by atoms with Gasteiger partial charge in [-0.2, -0.15) is 0 Å². The molecule has 0 saturated carbocycles. The van der Waals surface area contributed by atoms with Crippen LogP contribution in [-0.4, -0.2) is 35.9 Å². The summed E-state index contributed by atoms with van der Waals surface area (Å²) in [5.74, 6) is 1.52. The molecular weight excluding hydrogens is 298 g/mol. The molecule has 0 saturated heterocycles. The number of hydrogen-bond donors (Lipinski definition) is 0. The topological polar surface area (TPSA) is 77.7 Å². The average molecular weight is 317 g/mol. The molecule has 0 radical (unpaired) electrons. The summed E-state index contributed by atoms with van der Waals surface area (Å²) in [4.78, 5) is 13.8. The first-order valence-electron chi connectivity index (χ1n) is 7.49. The third kappa shape index (κ3) is 3.13. The van der Waals surface area contributed by atoms with Crippen molar-refractivity contribution in [1.29, 1.82) is 0 Å². The van der Waals surface area contributed by atoms with Crippen molar-refractivity contribution in [3.05, 3.63) is 36.0 Å². The third-order valence-corrected chi connectivity index (χ3v) is 3.63. The number of hydrogen-bond acceptors (Lipinski definition) is 7. The number of carbonyl (C=O) groups is 1. The van der Waals surface area contributed by atoms with E-state index in [9.17, 15) is 4.79 Å². The van der Waals surface area contributed by atoms with E-state index in [1.165, 1.54) is 7.11 Å². The maximum Gasteiger partial charge on any atom is 0.348 e. The van der Waals surface area contributed by atoms with Gasteiger partial charge in [-0.3, -0.25) is 0 Å². The maximum atomic E-state index is 11.8. The highest BCUT2D eigenvalue weighted by molar-refractivity contribution is 5.78. The zero-order valence-electron chi connectivity index (χ0n) is 13.4. The highest BCUT2D eigenvalue weighted by Crippen LogP contribution is 2.34. The number of ether oxygens (including phenoxy) is 2. The van der Waals surface area contributed by atoms with Gasteiger partial charge in [-0.05, 0) is 12.1 Å². The molecule has 122 valence electrons. The highest BCUT2D eigenvalue weighted by Gasteiger charge is 2.32. The fourth-order valence-corrected chi connectivity index (χ4v) is 2.44. The van der Waals surface area contributed by atoms with Crippen LogP contribution in [0.4, 0.5) is 5.69 Å². The minimum atomic E-state index is -0.678. The number of aromatic nitrogens is 2. The molecule has 2 heterocycles. The first kappa shape index (κ1) is 15.3. The molecule has 1 aromatic carbocycles. The van der Waals surface area contributed by atoms with Crippen LogP contribution < -0.4 is 9.64 Å². The third-order valence-electron chi connectivity index (χ3n) is 3.63. The molecule has 2 aromatic rings. The van der Waals surface area contributed by atoms with Gasteiger partial charge in [-0.25, -0.2) is 4.79 Å². The van der Waals surface area contributed by atoms with Gasteiger partial charge in [-0.1, -0.05) is 26.0 Å². The highest BCUT2D eigenvalue weighted by atomic mass is 16.6. The van der Waals surface area contributed by atoms with Crippen LogP contribution in [0, 0.1) is 0 Å². The SMILES string of the molecule is COC(=O)[C@@H]1CN(Cc2nnc(C(C)C)o2)c2ccccc2O1. The van der Waals surface area contributed by atoms with Gasteiger partial charge in [0.1, 0.15) is 5.75 Å². The first-order valence-corrected chi connectivity index (χ1v) is 7.49. The largest absolute Gasteiger partial charge is 0.475 e. The monoisotopic (exact) mass is 317 g/mol. The summed E-state index contributed by atoms with van der Waals surface area (Å²) in [6.45, 7) is 4.76. The van der Waals surface area contributed by atoms with Crippen LogP contribution in [-0.2, 0) is 16.1 Å². The Morgan fingerprint density at radius 3 is 2.87 bits per heavy atom. The van der Waals surface area contributed by atoms with E-state index in [0.717, 1.165) is 5.69 Å². The van der Waals surface area contributed by atoms with Crippen LogP contribution in [0.3, 0.4) is 0 Å². The van der Waals surface area contributed by atoms with Crippen molar-refractivity contribution in [3.63, 3.8) is 0 Å². The van der Waals surface area contributed by atoms with Crippen molar-refractivity contribution in [2.45, 2.75) is 32.4 Å². The first-order chi connectivity index (χ1) is 11.1. The van der Waals surface area contributed by atoms with Gasteiger partial charge < -0.3 is 18.8 Å². The lowest BCUT2D eigenvalue weighted by Gasteiger charge is -2.34. The average Bonchev–Trinajstić information content (AvgIpc) is 3.03. The number of esters is 1. The second-order valence-electron chi connectivity index (χ2n) is 5.67. The molecule has 0 spiro atoms. The van der Waals surface area contributed by atoms with Crippen molar-refractivity contribution in [1.82, 2.24) is 10.2 Å². The summed E-state index contributed by atoms with van der Waals surface area (Å²) >= 11 is 0. The van der Waals surface area contributed by atoms with Gasteiger partial charge in [0.15, 0.2) is 0 Å². The number of nitrogens with zero attached hydrogens (tertiary/aromatic N) is 3. The van der Waals surface area contributed by atoms with E-state index in [2.05, 4.69) is 10.2 Å². The molecule has 7 nitrogen and oxygen atoms in total. The summed E-state index contributed by atoms with van der Waals surface area (Å²) in [5, 5.41) is 8.12. The van der Waals surface area contributed by atoms with E-state index in [-0.39, 0.29) is 5.92 Å². The molecule has 1 aromatic heterocycles. The molecule has 23 heavy (non-hydrogen) atoms. The smallest absolute Gasteiger partial charge is 0.348 e. The number of benzene rings is 1. The Bertz CT molecular complexity index is 698. The second-order valence-corrected chi connectivity index (χ2v) is 5.67. The molecule has 0 fully saturated rings. The Labute approximate surface area is 134 Å². The molecular formula is C16H19N3O4. The van der Waals surface area contributed by atoms with Crippen LogP contribution in [0.5, 0.6) is 5.75 Å². The van der Waals surface area contributed by atoms with E-state index in [0.29, 0.717) is 30.6 Å². The summed E-state index contributed by atoms with van der Waals surface area (Å²) in [6, 6.07) is 7.54. The Kier molecular flexibility index (Phi) is 4.18. The predicted octanol–water partition coefficient (Wildman–Crippen LogP) is 2.13. The van der Waals surface area contributed by atoms with Crippen LogP contribution in [0.2, 0.25) is 0 Å². The van der Waals surface area contributed by atoms with E-state index < -0.39 is 12.1 Å². The summed E-state index contributed by atoms with van der Waals surface area (Å²) in [7, 11) is 1.35. The maximum absolute atomic E-state index is 11.8.